The number of hydrogen-bond acceptors (Lipinski definition) is 8. The second-order valence-corrected chi connectivity index (χ2v) is 10.3. The minimum atomic E-state index is -3.22. The molecule has 3 N–H and O–H groups in total. The fraction of sp³-hybridized carbons (Fsp3) is 0.417. The number of alkyl halides is 2. The number of rotatable bonds is 10. The molecule has 2 aliphatic rings. The third-order valence-corrected chi connectivity index (χ3v) is 7.16. The number of anilines is 2. The van der Waals surface area contributed by atoms with E-state index in [0.29, 0.717) is 17.2 Å². The van der Waals surface area contributed by atoms with Gasteiger partial charge in [-0.25, -0.2) is 4.79 Å². The van der Waals surface area contributed by atoms with Crippen LogP contribution >= 0.6 is 22.9 Å². The summed E-state index contributed by atoms with van der Waals surface area (Å²) in [6.45, 7) is -3.24. The number of amides is 4. The standard InChI is InChI=1S/C24H25ClF2N4O7S/c25-19-7-6-18(39-19)22(34)28-11-16(30-24(35)37-14-2-1-3-14)21(33)29-15-5-4-13(10-17(15)38-23(26)27)31-8-9-36-12-20(31)32/h4-7,10,14,16,23H,1-3,8-9,11-12H2,(H,28,34)(H,29,33)(H,30,35)/t16-/m1/s1. The van der Waals surface area contributed by atoms with E-state index in [9.17, 15) is 28.0 Å². The highest BCUT2D eigenvalue weighted by Gasteiger charge is 2.28. The molecule has 1 atom stereocenters. The first-order valence-corrected chi connectivity index (χ1v) is 13.2. The molecule has 2 aromatic rings. The Morgan fingerprint density at radius 1 is 1.21 bits per heavy atom. The molecule has 1 aromatic carbocycles. The smallest absolute Gasteiger partial charge is 0.408 e. The SMILES string of the molecule is O=C(N[C@H](CNC(=O)c1ccc(Cl)s1)C(=O)Nc1ccc(N2CCOCC2=O)cc1OC(F)F)OC1CCC1. The maximum Gasteiger partial charge on any atom is 0.408 e. The molecule has 11 nitrogen and oxygen atoms in total. The molecule has 2 heterocycles. The Morgan fingerprint density at radius 2 is 2.00 bits per heavy atom. The zero-order chi connectivity index (χ0) is 27.9. The zero-order valence-corrected chi connectivity index (χ0v) is 22.0. The Morgan fingerprint density at radius 3 is 2.64 bits per heavy atom. The Bertz CT molecular complexity index is 1230. The van der Waals surface area contributed by atoms with Crippen LogP contribution in [0.5, 0.6) is 5.75 Å². The summed E-state index contributed by atoms with van der Waals surface area (Å²) in [5.74, 6) is -2.12. The number of nitrogens with zero attached hydrogens (tertiary/aromatic N) is 1. The van der Waals surface area contributed by atoms with Crippen molar-refractivity contribution in [2.24, 2.45) is 0 Å². The highest BCUT2D eigenvalue weighted by molar-refractivity contribution is 7.18. The molecule has 39 heavy (non-hydrogen) atoms. The van der Waals surface area contributed by atoms with Gasteiger partial charge in [-0.15, -0.1) is 11.3 Å². The molecule has 0 radical (unpaired) electrons. The average molecular weight is 587 g/mol. The first-order chi connectivity index (χ1) is 18.7. The Kier molecular flexibility index (Phi) is 9.54. The molecular formula is C24H25ClF2N4O7S. The van der Waals surface area contributed by atoms with Crippen LogP contribution in [0.1, 0.15) is 28.9 Å². The van der Waals surface area contributed by atoms with Crippen molar-refractivity contribution in [2.45, 2.75) is 38.0 Å². The Balaban J connectivity index is 1.50. The second-order valence-electron chi connectivity index (χ2n) is 8.62. The minimum absolute atomic E-state index is 0.139. The summed E-state index contributed by atoms with van der Waals surface area (Å²) in [5, 5.41) is 7.40. The van der Waals surface area contributed by atoms with Gasteiger partial charge >= 0.3 is 12.7 Å². The summed E-state index contributed by atoms with van der Waals surface area (Å²) in [5.41, 5.74) is 0.137. The van der Waals surface area contributed by atoms with Gasteiger partial charge in [0.1, 0.15) is 18.8 Å². The van der Waals surface area contributed by atoms with E-state index in [2.05, 4.69) is 20.7 Å². The summed E-state index contributed by atoms with van der Waals surface area (Å²) >= 11 is 6.90. The summed E-state index contributed by atoms with van der Waals surface area (Å²) in [6, 6.07) is 5.65. The molecule has 15 heteroatoms. The number of carbonyl (C=O) groups excluding carboxylic acids is 4. The molecule has 1 saturated heterocycles. The minimum Gasteiger partial charge on any atom is -0.446 e. The zero-order valence-electron chi connectivity index (χ0n) is 20.4. The lowest BCUT2D eigenvalue weighted by atomic mass is 9.96. The van der Waals surface area contributed by atoms with Crippen molar-refractivity contribution in [3.8, 4) is 5.75 Å². The van der Waals surface area contributed by atoms with Crippen LogP contribution in [0.3, 0.4) is 0 Å². The van der Waals surface area contributed by atoms with Crippen molar-refractivity contribution in [1.82, 2.24) is 10.6 Å². The van der Waals surface area contributed by atoms with Crippen LogP contribution in [0.4, 0.5) is 25.0 Å². The lowest BCUT2D eigenvalue weighted by Crippen LogP contribution is -2.51. The van der Waals surface area contributed by atoms with Gasteiger partial charge in [-0.05, 0) is 43.5 Å². The summed E-state index contributed by atoms with van der Waals surface area (Å²) in [7, 11) is 0. The monoisotopic (exact) mass is 586 g/mol. The lowest BCUT2D eigenvalue weighted by molar-refractivity contribution is -0.125. The van der Waals surface area contributed by atoms with Crippen molar-refractivity contribution in [3.63, 3.8) is 0 Å². The van der Waals surface area contributed by atoms with Crippen LogP contribution in [-0.2, 0) is 19.1 Å². The molecule has 1 aliphatic carbocycles. The number of benzene rings is 1. The fourth-order valence-corrected chi connectivity index (χ4v) is 4.69. The van der Waals surface area contributed by atoms with E-state index in [1.165, 1.54) is 35.2 Å². The van der Waals surface area contributed by atoms with Gasteiger partial charge in [-0.3, -0.25) is 14.4 Å². The molecule has 0 bridgehead atoms. The summed E-state index contributed by atoms with van der Waals surface area (Å²) < 4.78 is 41.7. The van der Waals surface area contributed by atoms with Crippen LogP contribution < -0.4 is 25.6 Å². The van der Waals surface area contributed by atoms with Gasteiger partial charge in [0.05, 0.1) is 21.5 Å². The van der Waals surface area contributed by atoms with E-state index in [1.54, 1.807) is 0 Å². The van der Waals surface area contributed by atoms with Gasteiger partial charge in [-0.2, -0.15) is 8.78 Å². The van der Waals surface area contributed by atoms with Crippen molar-refractivity contribution >= 4 is 58.1 Å². The predicted molar refractivity (Wildman–Crippen MR) is 138 cm³/mol. The fourth-order valence-electron chi connectivity index (χ4n) is 3.73. The first kappa shape index (κ1) is 28.5. The van der Waals surface area contributed by atoms with Crippen LogP contribution in [-0.4, -0.2) is 68.9 Å². The number of alkyl carbamates (subject to hydrolysis) is 1. The quantitative estimate of drug-likeness (QED) is 0.388. The Labute approximate surface area is 230 Å². The van der Waals surface area contributed by atoms with Crippen LogP contribution in [0.15, 0.2) is 30.3 Å². The largest absolute Gasteiger partial charge is 0.446 e. The van der Waals surface area contributed by atoms with E-state index in [4.69, 9.17) is 21.1 Å². The normalized spacial score (nSPS) is 16.3. The topological polar surface area (TPSA) is 135 Å². The molecule has 0 spiro atoms. The molecule has 1 aliphatic heterocycles. The third kappa shape index (κ3) is 7.77. The van der Waals surface area contributed by atoms with E-state index < -0.39 is 36.3 Å². The van der Waals surface area contributed by atoms with Crippen molar-refractivity contribution < 1.29 is 42.2 Å². The molecule has 1 aromatic heterocycles. The van der Waals surface area contributed by atoms with E-state index >= 15 is 0 Å². The molecule has 2 fully saturated rings. The number of carbonyl (C=O) groups is 4. The molecule has 4 rings (SSSR count). The van der Waals surface area contributed by atoms with E-state index in [-0.39, 0.29) is 54.6 Å². The number of ether oxygens (including phenoxy) is 3. The van der Waals surface area contributed by atoms with Crippen molar-refractivity contribution in [2.75, 3.05) is 36.5 Å². The number of halogens is 3. The Hall–Kier alpha value is -3.49. The van der Waals surface area contributed by atoms with Gasteiger partial charge < -0.3 is 35.1 Å². The highest BCUT2D eigenvalue weighted by atomic mass is 35.5. The average Bonchev–Trinajstić information content (AvgIpc) is 3.31. The lowest BCUT2D eigenvalue weighted by Gasteiger charge is -2.28. The van der Waals surface area contributed by atoms with Crippen LogP contribution in [0, 0.1) is 0 Å². The summed E-state index contributed by atoms with van der Waals surface area (Å²) in [4.78, 5) is 51.8. The van der Waals surface area contributed by atoms with Gasteiger partial charge in [0.2, 0.25) is 5.91 Å². The number of morpholine rings is 1. The van der Waals surface area contributed by atoms with E-state index in [1.807, 2.05) is 0 Å². The number of nitrogens with one attached hydrogen (secondary N) is 3. The van der Waals surface area contributed by atoms with Gasteiger partial charge in [-0.1, -0.05) is 11.6 Å². The van der Waals surface area contributed by atoms with Crippen LogP contribution in [0.25, 0.3) is 0 Å². The predicted octanol–water partition coefficient (Wildman–Crippen LogP) is 3.38. The van der Waals surface area contributed by atoms with Crippen molar-refractivity contribution in [1.29, 1.82) is 0 Å². The molecular weight excluding hydrogens is 562 g/mol. The number of hydrogen-bond donors (Lipinski definition) is 3. The maximum absolute atomic E-state index is 13.2. The number of thiophene rings is 1. The first-order valence-electron chi connectivity index (χ1n) is 12.0. The molecule has 1 saturated carbocycles. The second kappa shape index (κ2) is 13.0. The van der Waals surface area contributed by atoms with Crippen LogP contribution in [0.2, 0.25) is 4.34 Å². The molecule has 210 valence electrons. The summed E-state index contributed by atoms with van der Waals surface area (Å²) in [6.07, 6.45) is 1.19. The maximum atomic E-state index is 13.2. The van der Waals surface area contributed by atoms with Gasteiger partial charge in [0.15, 0.2) is 5.75 Å². The van der Waals surface area contributed by atoms with Gasteiger partial charge in [0.25, 0.3) is 11.8 Å². The molecule has 4 amide bonds. The third-order valence-electron chi connectivity index (χ3n) is 5.93. The van der Waals surface area contributed by atoms with Crippen molar-refractivity contribution in [3.05, 3.63) is 39.5 Å². The van der Waals surface area contributed by atoms with E-state index in [0.717, 1.165) is 17.8 Å². The van der Waals surface area contributed by atoms with Gasteiger partial charge in [0, 0.05) is 24.8 Å². The highest BCUT2D eigenvalue weighted by Crippen LogP contribution is 2.32. The molecule has 0 unspecified atom stereocenters.